The number of hydrogen-bond donors (Lipinski definition) is 4. The Morgan fingerprint density at radius 1 is 0.538 bits per heavy atom. The molecule has 0 spiro atoms. The molecule has 0 radical (unpaired) electrons. The van der Waals surface area contributed by atoms with E-state index in [1.54, 1.807) is 0 Å². The molecule has 154 valence electrons. The summed E-state index contributed by atoms with van der Waals surface area (Å²) in [7, 11) is 3.97. The van der Waals surface area contributed by atoms with E-state index in [0.29, 0.717) is 0 Å². The van der Waals surface area contributed by atoms with E-state index in [0.717, 1.165) is 26.2 Å². The zero-order valence-electron chi connectivity index (χ0n) is 18.1. The topological polar surface area (TPSA) is 48.1 Å². The van der Waals surface area contributed by atoms with Crippen molar-refractivity contribution in [2.45, 2.75) is 78.1 Å². The second-order valence-corrected chi connectivity index (χ2v) is 7.02. The monoisotopic (exact) mass is 366 g/mol. The summed E-state index contributed by atoms with van der Waals surface area (Å²) in [4.78, 5) is 0. The summed E-state index contributed by atoms with van der Waals surface area (Å²) < 4.78 is 0. The van der Waals surface area contributed by atoms with Crippen molar-refractivity contribution in [1.29, 1.82) is 0 Å². The molecule has 0 aliphatic heterocycles. The van der Waals surface area contributed by atoms with Crippen molar-refractivity contribution in [3.63, 3.8) is 0 Å². The highest BCUT2D eigenvalue weighted by Crippen LogP contribution is 2.10. The Balaban J connectivity index is 3.16. The lowest BCUT2D eigenvalue weighted by atomic mass is 10.1. The van der Waals surface area contributed by atoms with Crippen molar-refractivity contribution in [2.75, 3.05) is 40.3 Å². The minimum Gasteiger partial charge on any atom is -0.391 e. The van der Waals surface area contributed by atoms with Gasteiger partial charge in [0.1, 0.15) is 0 Å². The van der Waals surface area contributed by atoms with Crippen LogP contribution in [0.2, 0.25) is 0 Å². The number of nitrogens with one attached hydrogen (secondary N) is 4. The number of likely N-dealkylation sites (N-methyl/N-ethyl adjacent to an activating group) is 2. The van der Waals surface area contributed by atoms with E-state index in [1.165, 1.54) is 75.6 Å². The Bertz CT molecular complexity index is 316. The normalized spacial score (nSPS) is 12.5. The lowest BCUT2D eigenvalue weighted by molar-refractivity contribution is 0.537. The maximum atomic E-state index is 3.50. The highest BCUT2D eigenvalue weighted by molar-refractivity contribution is 4.99. The maximum absolute atomic E-state index is 3.50. The smallest absolute Gasteiger partial charge is 0.0350 e. The molecule has 0 aromatic heterocycles. The predicted molar refractivity (Wildman–Crippen MR) is 118 cm³/mol. The van der Waals surface area contributed by atoms with Crippen molar-refractivity contribution in [1.82, 2.24) is 21.3 Å². The van der Waals surface area contributed by atoms with Crippen LogP contribution in [0.1, 0.15) is 78.1 Å². The van der Waals surface area contributed by atoms with Crippen molar-refractivity contribution >= 4 is 0 Å². The molecule has 0 aliphatic rings. The Hall–Kier alpha value is -1.00. The van der Waals surface area contributed by atoms with Crippen molar-refractivity contribution < 1.29 is 0 Å². The highest BCUT2D eigenvalue weighted by atomic mass is 14.9. The molecule has 0 aliphatic carbocycles. The zero-order chi connectivity index (χ0) is 19.3. The van der Waals surface area contributed by atoms with Crippen molar-refractivity contribution in [3.8, 4) is 0 Å². The average molecular weight is 367 g/mol. The second kappa shape index (κ2) is 20.3. The van der Waals surface area contributed by atoms with Crippen LogP contribution in [0.25, 0.3) is 0 Å². The van der Waals surface area contributed by atoms with Gasteiger partial charge < -0.3 is 21.3 Å². The average Bonchev–Trinajstić information content (AvgIpc) is 2.67. The molecule has 4 nitrogen and oxygen atoms in total. The van der Waals surface area contributed by atoms with Gasteiger partial charge in [0.15, 0.2) is 0 Å². The van der Waals surface area contributed by atoms with Crippen LogP contribution in [-0.2, 0) is 0 Å². The Kier molecular flexibility index (Phi) is 19.5. The van der Waals surface area contributed by atoms with Gasteiger partial charge in [-0.25, -0.2) is 0 Å². The number of allylic oxidation sites excluding steroid dienone is 2. The maximum Gasteiger partial charge on any atom is 0.0350 e. The fraction of sp³-hybridized carbons (Fsp3) is 0.818. The highest BCUT2D eigenvalue weighted by Gasteiger charge is 1.95. The summed E-state index contributed by atoms with van der Waals surface area (Å²) in [5.41, 5.74) is 2.56. The molecule has 0 unspecified atom stereocenters. The van der Waals surface area contributed by atoms with Gasteiger partial charge in [-0.1, -0.05) is 63.5 Å². The molecule has 0 rings (SSSR count). The number of hydrogen-bond acceptors (Lipinski definition) is 4. The van der Waals surface area contributed by atoms with Crippen LogP contribution < -0.4 is 21.3 Å². The van der Waals surface area contributed by atoms with E-state index < -0.39 is 0 Å². The van der Waals surface area contributed by atoms with Crippen molar-refractivity contribution in [2.24, 2.45) is 0 Å². The van der Waals surface area contributed by atoms with Gasteiger partial charge in [0.25, 0.3) is 0 Å². The third-order valence-electron chi connectivity index (χ3n) is 4.93. The quantitative estimate of drug-likeness (QED) is 0.257. The minimum absolute atomic E-state index is 0.967. The fourth-order valence-electron chi connectivity index (χ4n) is 3.03. The molecule has 0 atom stereocenters. The number of unbranched alkanes of at least 4 members (excludes halogenated alkanes) is 9. The lowest BCUT2D eigenvalue weighted by Crippen LogP contribution is -2.23. The Labute approximate surface area is 163 Å². The van der Waals surface area contributed by atoms with E-state index in [2.05, 4.69) is 47.3 Å². The molecular formula is C22H46N4. The second-order valence-electron chi connectivity index (χ2n) is 7.02. The van der Waals surface area contributed by atoms with Crippen LogP contribution in [0, 0.1) is 0 Å². The van der Waals surface area contributed by atoms with Gasteiger partial charge in [-0.15, -0.1) is 0 Å². The summed E-state index contributed by atoms with van der Waals surface area (Å²) in [6.07, 6.45) is 18.0. The third-order valence-corrected chi connectivity index (χ3v) is 4.93. The Morgan fingerprint density at radius 3 is 1.12 bits per heavy atom. The standard InChI is InChI=1S/C22H46N4/c1-5-21(23-3)19-25-17-15-13-11-9-7-8-10-12-14-16-18-26-20-22(6-2)24-4/h5-6,23-26H,7-20H2,1-4H3/b21-5-,22-6-. The molecule has 4 N–H and O–H groups in total. The van der Waals surface area contributed by atoms with Gasteiger partial charge in [0, 0.05) is 38.6 Å². The van der Waals surface area contributed by atoms with Crippen LogP contribution in [-0.4, -0.2) is 40.3 Å². The zero-order valence-corrected chi connectivity index (χ0v) is 18.1. The van der Waals surface area contributed by atoms with Crippen LogP contribution in [0.4, 0.5) is 0 Å². The van der Waals surface area contributed by atoms with E-state index in [-0.39, 0.29) is 0 Å². The van der Waals surface area contributed by atoms with E-state index in [4.69, 9.17) is 0 Å². The predicted octanol–water partition coefficient (Wildman–Crippen LogP) is 4.31. The molecule has 0 aromatic carbocycles. The third kappa shape index (κ3) is 16.5. The number of rotatable bonds is 19. The van der Waals surface area contributed by atoms with Crippen LogP contribution in [0.5, 0.6) is 0 Å². The summed E-state index contributed by atoms with van der Waals surface area (Å²) >= 11 is 0. The molecule has 0 bridgehead atoms. The fourth-order valence-corrected chi connectivity index (χ4v) is 3.03. The van der Waals surface area contributed by atoms with Crippen molar-refractivity contribution in [3.05, 3.63) is 23.5 Å². The molecule has 0 saturated heterocycles. The van der Waals surface area contributed by atoms with Gasteiger partial charge >= 0.3 is 0 Å². The molecular weight excluding hydrogens is 320 g/mol. The SMILES string of the molecule is C/C=C(/CNCCCCCCCCCCCCNC/C(=C/C)NC)NC. The van der Waals surface area contributed by atoms with Gasteiger partial charge in [-0.2, -0.15) is 0 Å². The first-order valence-electron chi connectivity index (χ1n) is 10.9. The van der Waals surface area contributed by atoms with Gasteiger partial charge in [0.05, 0.1) is 0 Å². The van der Waals surface area contributed by atoms with Gasteiger partial charge in [0.2, 0.25) is 0 Å². The summed E-state index contributed by atoms with van der Waals surface area (Å²) in [5, 5.41) is 13.4. The van der Waals surface area contributed by atoms with E-state index >= 15 is 0 Å². The minimum atomic E-state index is 0.967. The first-order chi connectivity index (χ1) is 12.8. The summed E-state index contributed by atoms with van der Waals surface area (Å²) in [5.74, 6) is 0. The lowest BCUT2D eigenvalue weighted by Gasteiger charge is -2.08. The molecule has 0 fully saturated rings. The first kappa shape index (κ1) is 25.0. The Morgan fingerprint density at radius 2 is 0.846 bits per heavy atom. The molecule has 0 aromatic rings. The van der Waals surface area contributed by atoms with E-state index in [1.807, 2.05) is 14.1 Å². The van der Waals surface area contributed by atoms with Gasteiger partial charge in [-0.05, 0) is 39.8 Å². The first-order valence-corrected chi connectivity index (χ1v) is 10.9. The van der Waals surface area contributed by atoms with Crippen LogP contribution in [0.15, 0.2) is 23.5 Å². The molecule has 0 saturated carbocycles. The van der Waals surface area contributed by atoms with Gasteiger partial charge in [-0.3, -0.25) is 0 Å². The van der Waals surface area contributed by atoms with E-state index in [9.17, 15) is 0 Å². The molecule has 26 heavy (non-hydrogen) atoms. The molecule has 0 amide bonds. The molecule has 4 heteroatoms. The van der Waals surface area contributed by atoms with Crippen LogP contribution in [0.3, 0.4) is 0 Å². The van der Waals surface area contributed by atoms with Crippen LogP contribution >= 0.6 is 0 Å². The largest absolute Gasteiger partial charge is 0.391 e. The summed E-state index contributed by atoms with van der Waals surface area (Å²) in [6, 6.07) is 0. The summed E-state index contributed by atoms with van der Waals surface area (Å²) in [6.45, 7) is 8.36. The molecule has 0 heterocycles.